The zero-order chi connectivity index (χ0) is 19.4. The van der Waals surface area contributed by atoms with Crippen LogP contribution >= 0.6 is 0 Å². The van der Waals surface area contributed by atoms with Crippen LogP contribution in [0.5, 0.6) is 0 Å². The normalized spacial score (nSPS) is 21.3. The summed E-state index contributed by atoms with van der Waals surface area (Å²) >= 11 is 0. The van der Waals surface area contributed by atoms with Crippen molar-refractivity contribution in [3.8, 4) is 0 Å². The number of rotatable bonds is 5. The fourth-order valence-corrected chi connectivity index (χ4v) is 3.62. The Morgan fingerprint density at radius 2 is 2.00 bits per heavy atom. The molecule has 27 heavy (non-hydrogen) atoms. The molecule has 0 aliphatic carbocycles. The van der Waals surface area contributed by atoms with E-state index in [1.807, 2.05) is 24.7 Å². The number of likely N-dealkylation sites (N-methyl/N-ethyl adjacent to an activating group) is 1. The topological polar surface area (TPSA) is 61.6 Å². The smallest absolute Gasteiger partial charge is 0.223 e. The third-order valence-electron chi connectivity index (χ3n) is 5.08. The predicted molar refractivity (Wildman–Crippen MR) is 101 cm³/mol. The molecule has 1 N–H and O–H groups in total. The molecule has 2 aromatic rings. The second kappa shape index (κ2) is 8.19. The van der Waals surface area contributed by atoms with Crippen LogP contribution in [0.15, 0.2) is 36.7 Å². The van der Waals surface area contributed by atoms with E-state index in [1.165, 1.54) is 12.1 Å². The molecular weight excluding hydrogens is 347 g/mol. The molecule has 0 saturated carbocycles. The predicted octanol–water partition coefficient (Wildman–Crippen LogP) is 1.47. The maximum Gasteiger partial charge on any atom is 0.223 e. The number of aromatic nitrogens is 2. The van der Waals surface area contributed by atoms with Gasteiger partial charge in [-0.1, -0.05) is 12.1 Å². The zero-order valence-electron chi connectivity index (χ0n) is 15.9. The van der Waals surface area contributed by atoms with Crippen molar-refractivity contribution in [1.29, 1.82) is 0 Å². The van der Waals surface area contributed by atoms with Gasteiger partial charge in [0.25, 0.3) is 0 Å². The Labute approximate surface area is 159 Å². The van der Waals surface area contributed by atoms with E-state index in [1.54, 1.807) is 23.2 Å². The Morgan fingerprint density at radius 3 is 2.67 bits per heavy atom. The highest BCUT2D eigenvalue weighted by Crippen LogP contribution is 2.18. The molecule has 6 nitrogen and oxygen atoms in total. The zero-order valence-corrected chi connectivity index (χ0v) is 15.9. The number of benzene rings is 1. The molecule has 1 aromatic carbocycles. The summed E-state index contributed by atoms with van der Waals surface area (Å²) in [6.07, 6.45) is 4.46. The molecule has 3 rings (SSSR count). The number of aliphatic hydroxyl groups is 1. The number of halogens is 1. The molecule has 1 atom stereocenters. The summed E-state index contributed by atoms with van der Waals surface area (Å²) in [5, 5.41) is 11.2. The molecule has 1 saturated heterocycles. The minimum atomic E-state index is -1.04. The van der Waals surface area contributed by atoms with Crippen molar-refractivity contribution in [1.82, 2.24) is 19.4 Å². The fraction of sp³-hybridized carbons (Fsp3) is 0.500. The van der Waals surface area contributed by atoms with Gasteiger partial charge >= 0.3 is 0 Å². The van der Waals surface area contributed by atoms with Gasteiger partial charge in [-0.05, 0) is 38.1 Å². The van der Waals surface area contributed by atoms with Crippen molar-refractivity contribution in [2.75, 3.05) is 33.2 Å². The Bertz CT molecular complexity index is 777. The molecular formula is C20H27FN4O2. The van der Waals surface area contributed by atoms with Crippen molar-refractivity contribution in [3.63, 3.8) is 0 Å². The molecule has 1 aliphatic rings. The van der Waals surface area contributed by atoms with Crippen molar-refractivity contribution in [2.24, 2.45) is 0 Å². The van der Waals surface area contributed by atoms with Crippen LogP contribution in [0.1, 0.15) is 17.8 Å². The third-order valence-corrected chi connectivity index (χ3v) is 5.08. The monoisotopic (exact) mass is 374 g/mol. The molecule has 1 aliphatic heterocycles. The maximum atomic E-state index is 13.0. The van der Waals surface area contributed by atoms with E-state index in [-0.39, 0.29) is 18.3 Å². The maximum absolute atomic E-state index is 13.0. The first-order valence-corrected chi connectivity index (χ1v) is 9.25. The lowest BCUT2D eigenvalue weighted by atomic mass is 10.0. The first kappa shape index (κ1) is 19.5. The average molecular weight is 374 g/mol. The van der Waals surface area contributed by atoms with Gasteiger partial charge in [-0.2, -0.15) is 0 Å². The molecule has 0 radical (unpaired) electrons. The van der Waals surface area contributed by atoms with Gasteiger partial charge in [0.05, 0.1) is 13.1 Å². The average Bonchev–Trinajstić information content (AvgIpc) is 2.94. The number of imidazole rings is 1. The summed E-state index contributed by atoms with van der Waals surface area (Å²) in [5.74, 6) is 0.570. The second-order valence-corrected chi connectivity index (χ2v) is 7.51. The molecule has 0 bridgehead atoms. The summed E-state index contributed by atoms with van der Waals surface area (Å²) in [6.45, 7) is 4.38. The quantitative estimate of drug-likeness (QED) is 0.861. The molecule has 0 spiro atoms. The van der Waals surface area contributed by atoms with E-state index < -0.39 is 5.60 Å². The Kier molecular flexibility index (Phi) is 5.92. The number of hydrogen-bond donors (Lipinski definition) is 1. The van der Waals surface area contributed by atoms with Crippen LogP contribution in [0, 0.1) is 12.7 Å². The molecule has 0 unspecified atom stereocenters. The first-order chi connectivity index (χ1) is 12.8. The lowest BCUT2D eigenvalue weighted by Gasteiger charge is -2.33. The Morgan fingerprint density at radius 1 is 1.26 bits per heavy atom. The number of nitrogens with zero attached hydrogens (tertiary/aromatic N) is 4. The van der Waals surface area contributed by atoms with Crippen molar-refractivity contribution >= 4 is 5.91 Å². The number of carbonyl (C=O) groups is 1. The van der Waals surface area contributed by atoms with E-state index in [9.17, 15) is 14.3 Å². The Hall–Kier alpha value is -2.25. The van der Waals surface area contributed by atoms with Gasteiger partial charge in [-0.15, -0.1) is 0 Å². The summed E-state index contributed by atoms with van der Waals surface area (Å²) in [7, 11) is 1.96. The number of hydrogen-bond acceptors (Lipinski definition) is 4. The van der Waals surface area contributed by atoms with Gasteiger partial charge in [0.15, 0.2) is 0 Å². The van der Waals surface area contributed by atoms with E-state index in [4.69, 9.17) is 0 Å². The second-order valence-electron chi connectivity index (χ2n) is 7.51. The molecule has 7 heteroatoms. The van der Waals surface area contributed by atoms with Crippen LogP contribution < -0.4 is 0 Å². The number of β-amino-alcohol motifs (C(OH)–C–C–N with tert-alkyl or cyclic N) is 1. The lowest BCUT2D eigenvalue weighted by Crippen LogP contribution is -2.50. The van der Waals surface area contributed by atoms with Crippen molar-refractivity contribution < 1.29 is 14.3 Å². The highest BCUT2D eigenvalue weighted by Gasteiger charge is 2.36. The van der Waals surface area contributed by atoms with Gasteiger partial charge in [0.1, 0.15) is 17.2 Å². The van der Waals surface area contributed by atoms with Crippen LogP contribution in [-0.4, -0.2) is 69.2 Å². The molecule has 1 fully saturated rings. The molecule has 2 heterocycles. The molecule has 1 amide bonds. The summed E-state index contributed by atoms with van der Waals surface area (Å²) in [5.41, 5.74) is -0.108. The van der Waals surface area contributed by atoms with Crippen molar-refractivity contribution in [3.05, 3.63) is 53.9 Å². The van der Waals surface area contributed by atoms with Crippen LogP contribution in [0.3, 0.4) is 0 Å². The fourth-order valence-electron chi connectivity index (χ4n) is 3.62. The molecule has 146 valence electrons. The molecule has 1 aromatic heterocycles. The van der Waals surface area contributed by atoms with Crippen LogP contribution in [-0.2, 0) is 17.8 Å². The first-order valence-electron chi connectivity index (χ1n) is 9.25. The van der Waals surface area contributed by atoms with Gasteiger partial charge in [-0.25, -0.2) is 9.37 Å². The van der Waals surface area contributed by atoms with Crippen LogP contribution in [0.4, 0.5) is 4.39 Å². The summed E-state index contributed by atoms with van der Waals surface area (Å²) in [6, 6.07) is 6.23. The summed E-state index contributed by atoms with van der Waals surface area (Å²) < 4.78 is 14.9. The van der Waals surface area contributed by atoms with Gasteiger partial charge < -0.3 is 19.5 Å². The van der Waals surface area contributed by atoms with Crippen molar-refractivity contribution in [2.45, 2.75) is 31.9 Å². The van der Waals surface area contributed by atoms with Crippen LogP contribution in [0.25, 0.3) is 0 Å². The van der Waals surface area contributed by atoms with E-state index >= 15 is 0 Å². The van der Waals surface area contributed by atoms with E-state index in [2.05, 4.69) is 9.88 Å². The SMILES string of the molecule is Cc1nccn1C[C@]1(O)CN(C)CCN(C(=O)CCc2ccc(F)cc2)C1. The lowest BCUT2D eigenvalue weighted by molar-refractivity contribution is -0.134. The van der Waals surface area contributed by atoms with Gasteiger partial charge in [0.2, 0.25) is 5.91 Å². The standard InChI is InChI=1S/C20H27FN4O2/c1-16-22-9-10-24(16)14-20(27)13-23(2)11-12-25(15-20)19(26)8-5-17-3-6-18(21)7-4-17/h3-4,6-7,9-10,27H,5,8,11-15H2,1-2H3/t20-/m1/s1. The summed E-state index contributed by atoms with van der Waals surface area (Å²) in [4.78, 5) is 20.8. The number of carbonyl (C=O) groups excluding carboxylic acids is 1. The Balaban J connectivity index is 1.65. The minimum absolute atomic E-state index is 0.00963. The number of aryl methyl sites for hydroxylation is 2. The minimum Gasteiger partial charge on any atom is -0.385 e. The van der Waals surface area contributed by atoms with Gasteiger partial charge in [0, 0.05) is 38.4 Å². The largest absolute Gasteiger partial charge is 0.385 e. The van der Waals surface area contributed by atoms with Crippen LogP contribution in [0.2, 0.25) is 0 Å². The van der Waals surface area contributed by atoms with E-state index in [0.29, 0.717) is 39.0 Å². The van der Waals surface area contributed by atoms with E-state index in [0.717, 1.165) is 11.4 Å². The number of amides is 1. The highest BCUT2D eigenvalue weighted by molar-refractivity contribution is 5.76. The highest BCUT2D eigenvalue weighted by atomic mass is 19.1. The third kappa shape index (κ3) is 5.14. The van der Waals surface area contributed by atoms with Gasteiger partial charge in [-0.3, -0.25) is 4.79 Å².